The van der Waals surface area contributed by atoms with Crippen LogP contribution in [0.15, 0.2) is 0 Å². The molecule has 0 N–H and O–H groups in total. The van der Waals surface area contributed by atoms with Gasteiger partial charge in [0.2, 0.25) is 0 Å². The monoisotopic (exact) mass is 310 g/mol. The molecule has 1 heterocycles. The van der Waals surface area contributed by atoms with Crippen molar-refractivity contribution in [1.82, 2.24) is 0 Å². The Hall–Kier alpha value is -0.530. The molecule has 0 spiro atoms. The minimum absolute atomic E-state index is 0.00580. The molecule has 0 bridgehead atoms. The summed E-state index contributed by atoms with van der Waals surface area (Å²) >= 11 is 0. The molecule has 2 unspecified atom stereocenters. The Kier molecular flexibility index (Phi) is 11.5. The maximum atomic E-state index is 11.0. The van der Waals surface area contributed by atoms with Gasteiger partial charge in [-0.2, -0.15) is 0 Å². The van der Waals surface area contributed by atoms with Crippen molar-refractivity contribution in [1.29, 1.82) is 0 Å². The second kappa shape index (κ2) is 13.0. The van der Waals surface area contributed by atoms with E-state index in [4.69, 9.17) is 4.74 Å². The standard InChI is InChI=1S/C20H38O2/c1-3-5-7-9-11-13-15-18(14-12-10-8-6-4-2)16-19-17-20(21)22-19/h18-19H,3-17H2,1-2H3. The Balaban J connectivity index is 2.11. The molecule has 0 aliphatic carbocycles. The van der Waals surface area contributed by atoms with Crippen molar-refractivity contribution < 1.29 is 9.53 Å². The minimum Gasteiger partial charge on any atom is -0.462 e. The van der Waals surface area contributed by atoms with Crippen molar-refractivity contribution in [2.45, 2.75) is 116 Å². The fraction of sp³-hybridized carbons (Fsp3) is 0.950. The summed E-state index contributed by atoms with van der Waals surface area (Å²) in [5.74, 6) is 0.789. The van der Waals surface area contributed by atoms with Crippen molar-refractivity contribution in [3.63, 3.8) is 0 Å². The number of esters is 1. The molecule has 1 aliphatic rings. The van der Waals surface area contributed by atoms with Crippen LogP contribution in [0.5, 0.6) is 0 Å². The molecule has 1 aliphatic heterocycles. The number of cyclic esters (lactones) is 1. The third-order valence-corrected chi connectivity index (χ3v) is 4.97. The first-order chi connectivity index (χ1) is 10.8. The molecule has 0 aromatic rings. The van der Waals surface area contributed by atoms with E-state index in [1.54, 1.807) is 0 Å². The van der Waals surface area contributed by atoms with E-state index >= 15 is 0 Å². The predicted octanol–water partition coefficient (Wildman–Crippen LogP) is 6.42. The van der Waals surface area contributed by atoms with Gasteiger partial charge in [0, 0.05) is 0 Å². The van der Waals surface area contributed by atoms with Gasteiger partial charge in [-0.1, -0.05) is 97.3 Å². The average molecular weight is 311 g/mol. The molecule has 0 aromatic heterocycles. The van der Waals surface area contributed by atoms with Gasteiger partial charge in [0.05, 0.1) is 6.42 Å². The van der Waals surface area contributed by atoms with Crippen LogP contribution in [0.1, 0.15) is 110 Å². The van der Waals surface area contributed by atoms with Crippen LogP contribution in [0.4, 0.5) is 0 Å². The molecule has 2 nitrogen and oxygen atoms in total. The highest BCUT2D eigenvalue weighted by Gasteiger charge is 2.30. The molecule has 0 radical (unpaired) electrons. The average Bonchev–Trinajstić information content (AvgIpc) is 2.48. The molecule has 1 saturated heterocycles. The third kappa shape index (κ3) is 9.48. The summed E-state index contributed by atoms with van der Waals surface area (Å²) in [6, 6.07) is 0. The van der Waals surface area contributed by atoms with Gasteiger partial charge in [0.15, 0.2) is 0 Å². The molecular formula is C20H38O2. The Labute approximate surface area is 138 Å². The first-order valence-electron chi connectivity index (χ1n) is 9.95. The molecule has 0 amide bonds. The third-order valence-electron chi connectivity index (χ3n) is 4.97. The lowest BCUT2D eigenvalue weighted by atomic mass is 9.87. The lowest BCUT2D eigenvalue weighted by molar-refractivity contribution is -0.171. The topological polar surface area (TPSA) is 26.3 Å². The SMILES string of the molecule is CCCCCCCCC(CCCCCCC)CC1CC(=O)O1. The van der Waals surface area contributed by atoms with Crippen LogP contribution >= 0.6 is 0 Å². The normalized spacial score (nSPS) is 18.8. The van der Waals surface area contributed by atoms with Crippen molar-refractivity contribution in [3.8, 4) is 0 Å². The van der Waals surface area contributed by atoms with Crippen LogP contribution in [0.3, 0.4) is 0 Å². The maximum Gasteiger partial charge on any atom is 0.309 e. The zero-order chi connectivity index (χ0) is 16.0. The second-order valence-corrected chi connectivity index (χ2v) is 7.18. The molecule has 1 rings (SSSR count). The summed E-state index contributed by atoms with van der Waals surface area (Å²) in [4.78, 5) is 11.0. The van der Waals surface area contributed by atoms with Crippen molar-refractivity contribution in [2.24, 2.45) is 5.92 Å². The molecular weight excluding hydrogens is 272 g/mol. The van der Waals surface area contributed by atoms with Crippen LogP contribution in [0, 0.1) is 5.92 Å². The minimum atomic E-state index is 0.00580. The molecule has 1 fully saturated rings. The second-order valence-electron chi connectivity index (χ2n) is 7.18. The Morgan fingerprint density at radius 1 is 0.864 bits per heavy atom. The van der Waals surface area contributed by atoms with Gasteiger partial charge in [-0.3, -0.25) is 4.79 Å². The van der Waals surface area contributed by atoms with Crippen LogP contribution in [0.25, 0.3) is 0 Å². The van der Waals surface area contributed by atoms with E-state index < -0.39 is 0 Å². The zero-order valence-corrected chi connectivity index (χ0v) is 15.1. The molecule has 130 valence electrons. The smallest absolute Gasteiger partial charge is 0.309 e. The Morgan fingerprint density at radius 2 is 1.32 bits per heavy atom. The molecule has 0 aromatic carbocycles. The van der Waals surface area contributed by atoms with Crippen molar-refractivity contribution >= 4 is 5.97 Å². The maximum absolute atomic E-state index is 11.0. The summed E-state index contributed by atoms with van der Waals surface area (Å²) in [5, 5.41) is 0. The van der Waals surface area contributed by atoms with Crippen LogP contribution in [0.2, 0.25) is 0 Å². The Morgan fingerprint density at radius 3 is 1.77 bits per heavy atom. The quantitative estimate of drug-likeness (QED) is 0.258. The number of unbranched alkanes of at least 4 members (excludes halogenated alkanes) is 9. The molecule has 2 atom stereocenters. The van der Waals surface area contributed by atoms with Gasteiger partial charge < -0.3 is 4.74 Å². The van der Waals surface area contributed by atoms with Gasteiger partial charge in [-0.25, -0.2) is 0 Å². The van der Waals surface area contributed by atoms with Crippen LogP contribution in [-0.4, -0.2) is 12.1 Å². The number of hydrogen-bond acceptors (Lipinski definition) is 2. The van der Waals surface area contributed by atoms with Crippen molar-refractivity contribution in [3.05, 3.63) is 0 Å². The highest BCUT2D eigenvalue weighted by Crippen LogP contribution is 2.28. The number of ether oxygens (including phenoxy) is 1. The number of rotatable bonds is 15. The fourth-order valence-electron chi connectivity index (χ4n) is 3.50. The number of hydrogen-bond donors (Lipinski definition) is 0. The Bertz CT molecular complexity index is 267. The number of carbonyl (C=O) groups excluding carboxylic acids is 1. The highest BCUT2D eigenvalue weighted by atomic mass is 16.6. The van der Waals surface area contributed by atoms with Crippen molar-refractivity contribution in [2.75, 3.05) is 0 Å². The lowest BCUT2D eigenvalue weighted by Crippen LogP contribution is -2.34. The van der Waals surface area contributed by atoms with Crippen LogP contribution < -0.4 is 0 Å². The summed E-state index contributed by atoms with van der Waals surface area (Å²) < 4.78 is 5.23. The largest absolute Gasteiger partial charge is 0.462 e. The van der Waals surface area contributed by atoms with E-state index in [9.17, 15) is 4.79 Å². The van der Waals surface area contributed by atoms with E-state index in [1.165, 1.54) is 83.5 Å². The first kappa shape index (κ1) is 19.5. The van der Waals surface area contributed by atoms with E-state index in [0.717, 1.165) is 12.3 Å². The van der Waals surface area contributed by atoms with Gasteiger partial charge in [0.1, 0.15) is 6.10 Å². The summed E-state index contributed by atoms with van der Waals surface area (Å²) in [6.45, 7) is 4.54. The van der Waals surface area contributed by atoms with Gasteiger partial charge in [-0.05, 0) is 12.3 Å². The lowest BCUT2D eigenvalue weighted by Gasteiger charge is -2.29. The summed E-state index contributed by atoms with van der Waals surface area (Å²) in [7, 11) is 0. The van der Waals surface area contributed by atoms with Gasteiger partial charge in [0.25, 0.3) is 0 Å². The fourth-order valence-corrected chi connectivity index (χ4v) is 3.50. The molecule has 2 heteroatoms. The van der Waals surface area contributed by atoms with Crippen LogP contribution in [-0.2, 0) is 9.53 Å². The predicted molar refractivity (Wildman–Crippen MR) is 94.0 cm³/mol. The highest BCUT2D eigenvalue weighted by molar-refractivity contribution is 5.75. The molecule has 22 heavy (non-hydrogen) atoms. The number of carbonyl (C=O) groups is 1. The van der Waals surface area contributed by atoms with E-state index in [2.05, 4.69) is 13.8 Å². The molecule has 0 saturated carbocycles. The first-order valence-corrected chi connectivity index (χ1v) is 9.95. The van der Waals surface area contributed by atoms with Gasteiger partial charge in [-0.15, -0.1) is 0 Å². The van der Waals surface area contributed by atoms with E-state index in [0.29, 0.717) is 6.42 Å². The summed E-state index contributed by atoms with van der Waals surface area (Å²) in [5.41, 5.74) is 0. The van der Waals surface area contributed by atoms with Gasteiger partial charge >= 0.3 is 5.97 Å². The zero-order valence-electron chi connectivity index (χ0n) is 15.1. The van der Waals surface area contributed by atoms with E-state index in [-0.39, 0.29) is 12.1 Å². The summed E-state index contributed by atoms with van der Waals surface area (Å²) in [6.07, 6.45) is 19.8. The van der Waals surface area contributed by atoms with E-state index in [1.807, 2.05) is 0 Å².